The van der Waals surface area contributed by atoms with Gasteiger partial charge in [-0.3, -0.25) is 24.1 Å². The number of hydrogen-bond donors (Lipinski definition) is 3. The second-order valence-corrected chi connectivity index (χ2v) is 11.4. The van der Waals surface area contributed by atoms with Gasteiger partial charge in [-0.15, -0.1) is 0 Å². The number of nitrogens with zero attached hydrogens (tertiary/aromatic N) is 1. The predicted molar refractivity (Wildman–Crippen MR) is 156 cm³/mol. The summed E-state index contributed by atoms with van der Waals surface area (Å²) in [5, 5.41) is 24.8. The minimum atomic E-state index is -1.14. The number of anilines is 1. The normalized spacial score (nSPS) is 18.9. The van der Waals surface area contributed by atoms with Gasteiger partial charge in [0, 0.05) is 5.69 Å². The molecule has 1 fully saturated rings. The molecular weight excluding hydrogens is 520 g/mol. The highest BCUT2D eigenvalue weighted by Crippen LogP contribution is 2.45. The van der Waals surface area contributed by atoms with E-state index in [-0.39, 0.29) is 12.3 Å². The number of aliphatic carboxylic acids is 2. The van der Waals surface area contributed by atoms with Crippen molar-refractivity contribution in [1.82, 2.24) is 5.32 Å². The molecule has 2 aliphatic rings. The van der Waals surface area contributed by atoms with Crippen LogP contribution >= 0.6 is 0 Å². The van der Waals surface area contributed by atoms with Gasteiger partial charge in [-0.05, 0) is 72.9 Å². The summed E-state index contributed by atoms with van der Waals surface area (Å²) in [4.78, 5) is 52.8. The Labute approximate surface area is 239 Å². The van der Waals surface area contributed by atoms with Gasteiger partial charge in [0.1, 0.15) is 12.6 Å². The van der Waals surface area contributed by atoms with Gasteiger partial charge in [0.25, 0.3) is 0 Å². The summed E-state index contributed by atoms with van der Waals surface area (Å²) in [6, 6.07) is 20.4. The number of carbonyl (C=O) groups is 4. The number of carboxylic acids is 2. The second kappa shape index (κ2) is 12.1. The maximum Gasteiger partial charge on any atom is 0.323 e. The van der Waals surface area contributed by atoms with E-state index in [2.05, 4.69) is 5.32 Å². The van der Waals surface area contributed by atoms with E-state index in [4.69, 9.17) is 0 Å². The molecule has 0 saturated heterocycles. The van der Waals surface area contributed by atoms with Crippen LogP contribution in [0, 0.1) is 11.3 Å². The van der Waals surface area contributed by atoms with E-state index in [1.54, 1.807) is 12.1 Å². The maximum atomic E-state index is 13.9. The van der Waals surface area contributed by atoms with Crippen LogP contribution in [0.3, 0.4) is 0 Å². The van der Waals surface area contributed by atoms with Crippen molar-refractivity contribution in [3.05, 3.63) is 77.9 Å². The van der Waals surface area contributed by atoms with E-state index in [1.807, 2.05) is 54.6 Å². The number of aryl methyl sites for hydroxylation is 2. The van der Waals surface area contributed by atoms with Gasteiger partial charge in [0.15, 0.2) is 0 Å². The molecule has 1 heterocycles. The number of para-hydroxylation sites is 1. The Morgan fingerprint density at radius 1 is 0.951 bits per heavy atom. The smallest absolute Gasteiger partial charge is 0.323 e. The fraction of sp³-hybridized carbons (Fsp3) is 0.394. The number of nitrogens with one attached hydrogen (secondary N) is 1. The fourth-order valence-electron chi connectivity index (χ4n) is 6.66. The van der Waals surface area contributed by atoms with Crippen LogP contribution in [0.25, 0.3) is 10.8 Å². The first-order valence-corrected chi connectivity index (χ1v) is 14.4. The average Bonchev–Trinajstić information content (AvgIpc) is 3.41. The van der Waals surface area contributed by atoms with Crippen LogP contribution < -0.4 is 10.2 Å². The van der Waals surface area contributed by atoms with Crippen molar-refractivity contribution in [3.63, 3.8) is 0 Å². The van der Waals surface area contributed by atoms with E-state index in [9.17, 15) is 29.4 Å². The number of carboxylic acid groups (broad SMARTS) is 2. The van der Waals surface area contributed by atoms with Crippen molar-refractivity contribution < 1.29 is 29.4 Å². The summed E-state index contributed by atoms with van der Waals surface area (Å²) < 4.78 is 0. The van der Waals surface area contributed by atoms with Crippen LogP contribution in [-0.4, -0.2) is 46.6 Å². The summed E-state index contributed by atoms with van der Waals surface area (Å²) >= 11 is 0. The van der Waals surface area contributed by atoms with Crippen molar-refractivity contribution in [2.75, 3.05) is 11.4 Å². The Hall–Kier alpha value is -4.20. The second-order valence-electron chi connectivity index (χ2n) is 11.4. The quantitative estimate of drug-likeness (QED) is 0.324. The number of amides is 2. The number of carbonyl (C=O) groups excluding carboxylic acids is 2. The predicted octanol–water partition coefficient (Wildman–Crippen LogP) is 4.97. The van der Waals surface area contributed by atoms with Crippen molar-refractivity contribution in [1.29, 1.82) is 0 Å². The summed E-state index contributed by atoms with van der Waals surface area (Å²) in [5.41, 5.74) is 1.61. The molecule has 1 aliphatic carbocycles. The third-order valence-corrected chi connectivity index (χ3v) is 8.82. The zero-order valence-corrected chi connectivity index (χ0v) is 23.1. The minimum absolute atomic E-state index is 0.207. The Bertz CT molecular complexity index is 1460. The molecule has 214 valence electrons. The van der Waals surface area contributed by atoms with Crippen molar-refractivity contribution in [2.24, 2.45) is 11.3 Å². The number of rotatable bonds is 10. The molecule has 0 bridgehead atoms. The number of benzene rings is 3. The largest absolute Gasteiger partial charge is 0.481 e. The van der Waals surface area contributed by atoms with Crippen molar-refractivity contribution >= 4 is 40.2 Å². The highest BCUT2D eigenvalue weighted by atomic mass is 16.4. The topological polar surface area (TPSA) is 124 Å². The zero-order valence-electron chi connectivity index (χ0n) is 23.1. The molecule has 3 N–H and O–H groups in total. The van der Waals surface area contributed by atoms with Crippen LogP contribution in [-0.2, 0) is 32.0 Å². The lowest BCUT2D eigenvalue weighted by Crippen LogP contribution is -2.53. The zero-order chi connectivity index (χ0) is 29.0. The first kappa shape index (κ1) is 28.3. The number of hydrogen-bond acceptors (Lipinski definition) is 4. The third-order valence-electron chi connectivity index (χ3n) is 8.82. The van der Waals surface area contributed by atoms with Crippen LogP contribution in [0.1, 0.15) is 56.1 Å². The van der Waals surface area contributed by atoms with E-state index < -0.39 is 41.8 Å². The van der Waals surface area contributed by atoms with E-state index >= 15 is 0 Å². The van der Waals surface area contributed by atoms with Gasteiger partial charge in [0.2, 0.25) is 11.8 Å². The first-order valence-electron chi connectivity index (χ1n) is 14.4. The third kappa shape index (κ3) is 6.11. The lowest BCUT2D eigenvalue weighted by atomic mass is 9.75. The molecule has 8 nitrogen and oxygen atoms in total. The van der Waals surface area contributed by atoms with Gasteiger partial charge in [0.05, 0.1) is 11.3 Å². The van der Waals surface area contributed by atoms with E-state index in [0.29, 0.717) is 44.2 Å². The van der Waals surface area contributed by atoms with Gasteiger partial charge >= 0.3 is 11.9 Å². The van der Waals surface area contributed by atoms with Gasteiger partial charge in [-0.25, -0.2) is 0 Å². The van der Waals surface area contributed by atoms with E-state index in [0.717, 1.165) is 34.7 Å². The standard InChI is InChI=1S/C33H36N2O6/c36-29(37)21-35-28-13-4-2-9-24(28)16-17-27(30(35)38)34-32(41)33(18-5-6-19-33)20-25(31(39)40)15-14-23-11-7-10-22-8-1-3-12-26(22)23/h1-4,7-13,25,27H,5-6,14-21H2,(H,34,41)(H,36,37)(H,39,40)/t25?,27-/m0/s1. The fourth-order valence-corrected chi connectivity index (χ4v) is 6.66. The Kier molecular flexibility index (Phi) is 8.38. The summed E-state index contributed by atoms with van der Waals surface area (Å²) in [6.07, 6.45) is 4.82. The average molecular weight is 557 g/mol. The monoisotopic (exact) mass is 556 g/mol. The molecule has 1 aliphatic heterocycles. The molecule has 5 rings (SSSR count). The molecule has 3 aromatic carbocycles. The van der Waals surface area contributed by atoms with Crippen LogP contribution in [0.15, 0.2) is 66.7 Å². The van der Waals surface area contributed by atoms with E-state index in [1.165, 1.54) is 4.90 Å². The van der Waals surface area contributed by atoms with Gasteiger partial charge < -0.3 is 15.5 Å². The molecule has 3 aromatic rings. The summed E-state index contributed by atoms with van der Waals surface area (Å²) in [6.45, 7) is -0.497. The maximum absolute atomic E-state index is 13.9. The van der Waals surface area contributed by atoms with Gasteiger partial charge in [-0.2, -0.15) is 0 Å². The molecule has 1 saturated carbocycles. The Morgan fingerprint density at radius 3 is 2.41 bits per heavy atom. The molecule has 2 amide bonds. The van der Waals surface area contributed by atoms with Crippen LogP contribution in [0.2, 0.25) is 0 Å². The Balaban J connectivity index is 1.33. The van der Waals surface area contributed by atoms with Crippen molar-refractivity contribution in [2.45, 2.75) is 63.8 Å². The molecule has 0 spiro atoms. The SMILES string of the molecule is O=C(O)CN1C(=O)[C@@H](NC(=O)C2(CC(CCc3cccc4ccccc34)C(=O)O)CCCC2)CCc2ccccc21. The first-order chi connectivity index (χ1) is 19.8. The summed E-state index contributed by atoms with van der Waals surface area (Å²) in [5.74, 6) is -3.52. The number of fused-ring (bicyclic) bond motifs is 2. The molecular formula is C33H36N2O6. The summed E-state index contributed by atoms with van der Waals surface area (Å²) in [7, 11) is 0. The Morgan fingerprint density at radius 2 is 1.66 bits per heavy atom. The van der Waals surface area contributed by atoms with Crippen LogP contribution in [0.4, 0.5) is 5.69 Å². The molecule has 8 heteroatoms. The molecule has 0 radical (unpaired) electrons. The minimum Gasteiger partial charge on any atom is -0.481 e. The molecule has 41 heavy (non-hydrogen) atoms. The van der Waals surface area contributed by atoms with Crippen molar-refractivity contribution in [3.8, 4) is 0 Å². The molecule has 1 unspecified atom stereocenters. The molecule has 2 atom stereocenters. The lowest BCUT2D eigenvalue weighted by Gasteiger charge is -2.33. The molecule has 0 aromatic heterocycles. The van der Waals surface area contributed by atoms with Crippen LogP contribution in [0.5, 0.6) is 0 Å². The highest BCUT2D eigenvalue weighted by molar-refractivity contribution is 6.03. The van der Waals surface area contributed by atoms with Gasteiger partial charge in [-0.1, -0.05) is 73.5 Å². The lowest BCUT2D eigenvalue weighted by molar-refractivity contribution is -0.145. The highest BCUT2D eigenvalue weighted by Gasteiger charge is 2.45.